The van der Waals surface area contributed by atoms with Crippen LogP contribution in [-0.2, 0) is 21.2 Å². The quantitative estimate of drug-likeness (QED) is 0.503. The van der Waals surface area contributed by atoms with Crippen LogP contribution in [-0.4, -0.2) is 54.7 Å². The smallest absolute Gasteiger partial charge is 0.244 e. The average Bonchev–Trinajstić information content (AvgIpc) is 3.18. The summed E-state index contributed by atoms with van der Waals surface area (Å²) in [4.78, 5) is 18.9. The number of para-hydroxylation sites is 1. The number of hydrogen-bond acceptors (Lipinski definition) is 5. The highest BCUT2D eigenvalue weighted by Crippen LogP contribution is 2.28. The lowest BCUT2D eigenvalue weighted by Gasteiger charge is -2.34. The number of rotatable bonds is 6. The summed E-state index contributed by atoms with van der Waals surface area (Å²) in [6, 6.07) is 12.4. The van der Waals surface area contributed by atoms with Crippen molar-refractivity contribution in [3.8, 4) is 0 Å². The summed E-state index contributed by atoms with van der Waals surface area (Å²) >= 11 is 13.7. The Morgan fingerprint density at radius 2 is 1.81 bits per heavy atom. The van der Waals surface area contributed by atoms with Crippen LogP contribution >= 0.6 is 34.5 Å². The standard InChI is InChI=1S/C21H21Cl2N3O3S2/c22-15-8-9-16(23)19(14-15)31(28,29)26-12-10-25(11-13-26)21(27)7-3-6-20-24-17-4-1-2-5-18(17)30-20/h1-2,4-5,8-9,14H,3,6-7,10-13H2. The molecule has 31 heavy (non-hydrogen) atoms. The number of benzene rings is 2. The number of hydrogen-bond donors (Lipinski definition) is 0. The lowest BCUT2D eigenvalue weighted by atomic mass is 10.2. The van der Waals surface area contributed by atoms with E-state index in [0.29, 0.717) is 24.5 Å². The number of amides is 1. The summed E-state index contributed by atoms with van der Waals surface area (Å²) in [6.07, 6.45) is 1.89. The van der Waals surface area contributed by atoms with Gasteiger partial charge < -0.3 is 4.90 Å². The fraction of sp³-hybridized carbons (Fsp3) is 0.333. The Morgan fingerprint density at radius 3 is 2.55 bits per heavy atom. The van der Waals surface area contributed by atoms with Gasteiger partial charge in [0.25, 0.3) is 0 Å². The molecule has 0 aliphatic carbocycles. The molecule has 3 aromatic rings. The second-order valence-corrected chi connectivity index (χ2v) is 11.2. The predicted octanol–water partition coefficient (Wildman–Crippen LogP) is 4.46. The van der Waals surface area contributed by atoms with Gasteiger partial charge in [0.2, 0.25) is 15.9 Å². The molecular formula is C21H21Cl2N3O3S2. The molecule has 164 valence electrons. The summed E-state index contributed by atoms with van der Waals surface area (Å²) in [5, 5.41) is 1.48. The third kappa shape index (κ3) is 5.04. The van der Waals surface area contributed by atoms with Crippen LogP contribution in [0.15, 0.2) is 47.4 Å². The van der Waals surface area contributed by atoms with Crippen molar-refractivity contribution in [2.45, 2.75) is 24.2 Å². The second kappa shape index (κ2) is 9.42. The van der Waals surface area contributed by atoms with Crippen LogP contribution in [0.2, 0.25) is 10.0 Å². The van der Waals surface area contributed by atoms with Crippen LogP contribution in [0, 0.1) is 0 Å². The minimum atomic E-state index is -3.76. The zero-order chi connectivity index (χ0) is 22.0. The van der Waals surface area contributed by atoms with Gasteiger partial charge in [0, 0.05) is 37.6 Å². The Morgan fingerprint density at radius 1 is 1.06 bits per heavy atom. The molecule has 0 unspecified atom stereocenters. The van der Waals surface area contributed by atoms with Crippen LogP contribution in [0.1, 0.15) is 17.8 Å². The molecular weight excluding hydrogens is 477 g/mol. The number of thiazole rings is 1. The van der Waals surface area contributed by atoms with Crippen molar-refractivity contribution in [3.63, 3.8) is 0 Å². The average molecular weight is 498 g/mol. The summed E-state index contributed by atoms with van der Waals surface area (Å²) < 4.78 is 28.3. The monoisotopic (exact) mass is 497 g/mol. The van der Waals surface area contributed by atoms with E-state index in [2.05, 4.69) is 4.98 Å². The van der Waals surface area contributed by atoms with Gasteiger partial charge in [-0.15, -0.1) is 11.3 Å². The maximum atomic E-state index is 12.9. The van der Waals surface area contributed by atoms with Gasteiger partial charge in [0.15, 0.2) is 0 Å². The van der Waals surface area contributed by atoms with E-state index in [0.717, 1.165) is 28.1 Å². The highest BCUT2D eigenvalue weighted by Gasteiger charge is 2.31. The predicted molar refractivity (Wildman–Crippen MR) is 124 cm³/mol. The van der Waals surface area contributed by atoms with E-state index in [4.69, 9.17) is 23.2 Å². The highest BCUT2D eigenvalue weighted by molar-refractivity contribution is 7.89. The molecule has 1 aliphatic rings. The first-order valence-corrected chi connectivity index (χ1v) is 12.9. The molecule has 2 aromatic carbocycles. The van der Waals surface area contributed by atoms with Crippen molar-refractivity contribution in [2.24, 2.45) is 0 Å². The number of carbonyl (C=O) groups is 1. The molecule has 6 nitrogen and oxygen atoms in total. The van der Waals surface area contributed by atoms with Gasteiger partial charge in [-0.05, 0) is 43.2 Å². The SMILES string of the molecule is O=C(CCCc1nc2ccccc2s1)N1CCN(S(=O)(=O)c2cc(Cl)ccc2Cl)CC1. The van der Waals surface area contributed by atoms with E-state index < -0.39 is 10.0 Å². The molecule has 2 heterocycles. The number of aromatic nitrogens is 1. The molecule has 0 spiro atoms. The van der Waals surface area contributed by atoms with E-state index in [-0.39, 0.29) is 28.9 Å². The molecule has 0 atom stereocenters. The van der Waals surface area contributed by atoms with E-state index >= 15 is 0 Å². The van der Waals surface area contributed by atoms with Crippen molar-refractivity contribution >= 4 is 60.7 Å². The van der Waals surface area contributed by atoms with Gasteiger partial charge in [-0.1, -0.05) is 35.3 Å². The zero-order valence-corrected chi connectivity index (χ0v) is 19.8. The number of aryl methyl sites for hydroxylation is 1. The first-order valence-electron chi connectivity index (χ1n) is 9.92. The Balaban J connectivity index is 1.30. The lowest BCUT2D eigenvalue weighted by Crippen LogP contribution is -2.50. The Hall–Kier alpha value is -1.71. The highest BCUT2D eigenvalue weighted by atomic mass is 35.5. The molecule has 1 aromatic heterocycles. The molecule has 10 heteroatoms. The largest absolute Gasteiger partial charge is 0.340 e. The molecule has 0 radical (unpaired) electrons. The first kappa shape index (κ1) is 22.5. The van der Waals surface area contributed by atoms with Crippen molar-refractivity contribution in [3.05, 3.63) is 57.5 Å². The van der Waals surface area contributed by atoms with Gasteiger partial charge in [0.1, 0.15) is 4.90 Å². The van der Waals surface area contributed by atoms with E-state index in [1.807, 2.05) is 24.3 Å². The summed E-state index contributed by atoms with van der Waals surface area (Å²) in [7, 11) is -3.76. The number of piperazine rings is 1. The fourth-order valence-electron chi connectivity index (χ4n) is 3.57. The van der Waals surface area contributed by atoms with Crippen LogP contribution in [0.4, 0.5) is 0 Å². The van der Waals surface area contributed by atoms with E-state index in [1.54, 1.807) is 22.3 Å². The van der Waals surface area contributed by atoms with Crippen LogP contribution < -0.4 is 0 Å². The summed E-state index contributed by atoms with van der Waals surface area (Å²) in [5.74, 6) is 0.0407. The number of carbonyl (C=O) groups excluding carboxylic acids is 1. The van der Waals surface area contributed by atoms with Gasteiger partial charge in [0.05, 0.1) is 20.2 Å². The van der Waals surface area contributed by atoms with Crippen molar-refractivity contribution < 1.29 is 13.2 Å². The molecule has 0 saturated carbocycles. The van der Waals surface area contributed by atoms with E-state index in [9.17, 15) is 13.2 Å². The maximum absolute atomic E-state index is 12.9. The van der Waals surface area contributed by atoms with Crippen LogP contribution in [0.5, 0.6) is 0 Å². The minimum absolute atomic E-state index is 0.00252. The van der Waals surface area contributed by atoms with Crippen molar-refractivity contribution in [1.29, 1.82) is 0 Å². The number of fused-ring (bicyclic) bond motifs is 1. The normalized spacial score (nSPS) is 15.5. The minimum Gasteiger partial charge on any atom is -0.340 e. The topological polar surface area (TPSA) is 70.6 Å². The Bertz CT molecular complexity index is 1170. The number of nitrogens with zero attached hydrogens (tertiary/aromatic N) is 3. The Labute approximate surface area is 195 Å². The number of halogens is 2. The fourth-order valence-corrected chi connectivity index (χ4v) is 6.74. The van der Waals surface area contributed by atoms with Gasteiger partial charge in [-0.25, -0.2) is 13.4 Å². The van der Waals surface area contributed by atoms with E-state index in [1.165, 1.54) is 16.4 Å². The van der Waals surface area contributed by atoms with Crippen LogP contribution in [0.25, 0.3) is 10.2 Å². The first-order chi connectivity index (χ1) is 14.8. The van der Waals surface area contributed by atoms with Crippen molar-refractivity contribution in [1.82, 2.24) is 14.2 Å². The molecule has 1 saturated heterocycles. The molecule has 1 aliphatic heterocycles. The zero-order valence-electron chi connectivity index (χ0n) is 16.6. The molecule has 1 fully saturated rings. The van der Waals surface area contributed by atoms with Gasteiger partial charge in [-0.3, -0.25) is 4.79 Å². The van der Waals surface area contributed by atoms with Crippen LogP contribution in [0.3, 0.4) is 0 Å². The Kier molecular flexibility index (Phi) is 6.83. The number of sulfonamides is 1. The van der Waals surface area contributed by atoms with Gasteiger partial charge >= 0.3 is 0 Å². The van der Waals surface area contributed by atoms with Gasteiger partial charge in [-0.2, -0.15) is 4.31 Å². The van der Waals surface area contributed by atoms with Crippen molar-refractivity contribution in [2.75, 3.05) is 26.2 Å². The maximum Gasteiger partial charge on any atom is 0.244 e. The molecule has 1 amide bonds. The second-order valence-electron chi connectivity index (χ2n) is 7.29. The molecule has 4 rings (SSSR count). The molecule has 0 N–H and O–H groups in total. The lowest BCUT2D eigenvalue weighted by molar-refractivity contribution is -0.132. The summed E-state index contributed by atoms with van der Waals surface area (Å²) in [6.45, 7) is 1.18. The summed E-state index contributed by atoms with van der Waals surface area (Å²) in [5.41, 5.74) is 0.992. The molecule has 0 bridgehead atoms. The third-order valence-electron chi connectivity index (χ3n) is 5.22. The third-order valence-corrected chi connectivity index (χ3v) is 8.93.